The van der Waals surface area contributed by atoms with E-state index in [0.717, 1.165) is 38.8 Å². The van der Waals surface area contributed by atoms with Gasteiger partial charge in [0.1, 0.15) is 6.04 Å². The van der Waals surface area contributed by atoms with Gasteiger partial charge in [-0.15, -0.1) is 0 Å². The van der Waals surface area contributed by atoms with Gasteiger partial charge in [0.25, 0.3) is 0 Å². The Morgan fingerprint density at radius 2 is 1.75 bits per heavy atom. The molecule has 0 bridgehead atoms. The van der Waals surface area contributed by atoms with Gasteiger partial charge in [-0.05, 0) is 38.6 Å². The number of carbonyl (C=O) groups excluding carboxylic acids is 2. The molecule has 5 nitrogen and oxygen atoms in total. The van der Waals surface area contributed by atoms with Gasteiger partial charge in [-0.2, -0.15) is 0 Å². The number of carbonyl (C=O) groups is 2. The summed E-state index contributed by atoms with van der Waals surface area (Å²) in [6.07, 6.45) is 7.91. The van der Waals surface area contributed by atoms with E-state index in [9.17, 15) is 9.59 Å². The molecule has 0 radical (unpaired) electrons. The number of likely N-dealkylation sites (tertiary alicyclic amines) is 1. The van der Waals surface area contributed by atoms with Crippen molar-refractivity contribution in [3.8, 4) is 0 Å². The lowest BCUT2D eigenvalue weighted by Crippen LogP contribution is -2.53. The Morgan fingerprint density at radius 1 is 1.10 bits per heavy atom. The maximum atomic E-state index is 12.7. The van der Waals surface area contributed by atoms with Gasteiger partial charge in [0.05, 0.1) is 6.54 Å². The number of rotatable bonds is 5. The Labute approximate surface area is 121 Å². The van der Waals surface area contributed by atoms with Gasteiger partial charge in [-0.25, -0.2) is 0 Å². The number of hydrogen-bond donors (Lipinski definition) is 2. The Balaban J connectivity index is 2.01. The van der Waals surface area contributed by atoms with Crippen LogP contribution in [-0.4, -0.2) is 49.4 Å². The van der Waals surface area contributed by atoms with Crippen molar-refractivity contribution in [2.75, 3.05) is 26.7 Å². The fraction of sp³-hybridized carbons (Fsp3) is 0.867. The van der Waals surface area contributed by atoms with Gasteiger partial charge < -0.3 is 15.5 Å². The van der Waals surface area contributed by atoms with E-state index in [4.69, 9.17) is 0 Å². The van der Waals surface area contributed by atoms with Crippen LogP contribution in [0.2, 0.25) is 0 Å². The Hall–Kier alpha value is -1.10. The minimum atomic E-state index is -0.311. The Kier molecular flexibility index (Phi) is 5.83. The van der Waals surface area contributed by atoms with Crippen LogP contribution >= 0.6 is 0 Å². The molecule has 5 heteroatoms. The van der Waals surface area contributed by atoms with Gasteiger partial charge in [-0.3, -0.25) is 9.59 Å². The second kappa shape index (κ2) is 7.62. The Morgan fingerprint density at radius 3 is 2.35 bits per heavy atom. The van der Waals surface area contributed by atoms with Crippen molar-refractivity contribution in [3.05, 3.63) is 0 Å². The van der Waals surface area contributed by atoms with Crippen LogP contribution in [0.4, 0.5) is 0 Å². The molecular formula is C15H27N3O2. The van der Waals surface area contributed by atoms with Crippen molar-refractivity contribution in [2.24, 2.45) is 5.92 Å². The maximum Gasteiger partial charge on any atom is 0.245 e. The van der Waals surface area contributed by atoms with Crippen LogP contribution in [0.5, 0.6) is 0 Å². The quantitative estimate of drug-likeness (QED) is 0.787. The lowest BCUT2D eigenvalue weighted by atomic mass is 9.83. The molecule has 2 rings (SSSR count). The van der Waals surface area contributed by atoms with Crippen LogP contribution in [0, 0.1) is 5.92 Å². The van der Waals surface area contributed by atoms with Crippen molar-refractivity contribution in [1.82, 2.24) is 15.5 Å². The standard InChI is InChI=1S/C15H27N3O2/c1-16-11-13(19)17-14(12-7-3-2-4-8-12)15(20)18-9-5-6-10-18/h12,14,16H,2-11H2,1H3,(H,17,19). The summed E-state index contributed by atoms with van der Waals surface area (Å²) < 4.78 is 0. The van der Waals surface area contributed by atoms with E-state index in [1.807, 2.05) is 4.90 Å². The molecule has 0 aromatic rings. The second-order valence-electron chi connectivity index (χ2n) is 6.01. The summed E-state index contributed by atoms with van der Waals surface area (Å²) in [7, 11) is 1.75. The summed E-state index contributed by atoms with van der Waals surface area (Å²) in [5.74, 6) is 0.382. The predicted molar refractivity (Wildman–Crippen MR) is 78.2 cm³/mol. The first-order chi connectivity index (χ1) is 9.72. The first-order valence-electron chi connectivity index (χ1n) is 7.95. The monoisotopic (exact) mass is 281 g/mol. The average molecular weight is 281 g/mol. The van der Waals surface area contributed by atoms with Gasteiger partial charge >= 0.3 is 0 Å². The molecule has 1 heterocycles. The van der Waals surface area contributed by atoms with E-state index in [-0.39, 0.29) is 24.4 Å². The summed E-state index contributed by atoms with van der Waals surface area (Å²) in [6, 6.07) is -0.311. The number of likely N-dealkylation sites (N-methyl/N-ethyl adjacent to an activating group) is 1. The van der Waals surface area contributed by atoms with Gasteiger partial charge in [0.15, 0.2) is 0 Å². The molecule has 1 atom stereocenters. The third-order valence-corrected chi connectivity index (χ3v) is 4.46. The predicted octanol–water partition coefficient (Wildman–Crippen LogP) is 0.893. The van der Waals surface area contributed by atoms with Gasteiger partial charge in [0, 0.05) is 13.1 Å². The van der Waals surface area contributed by atoms with E-state index < -0.39 is 0 Å². The number of nitrogens with zero attached hydrogens (tertiary/aromatic N) is 1. The van der Waals surface area contributed by atoms with Crippen LogP contribution in [0.1, 0.15) is 44.9 Å². The first-order valence-corrected chi connectivity index (χ1v) is 7.95. The molecule has 2 aliphatic rings. The molecule has 0 aromatic heterocycles. The van der Waals surface area contributed by atoms with Crippen LogP contribution in [0.3, 0.4) is 0 Å². The molecular weight excluding hydrogens is 254 g/mol. The van der Waals surface area contributed by atoms with Crippen LogP contribution in [0.15, 0.2) is 0 Å². The summed E-state index contributed by atoms with van der Waals surface area (Å²) in [5.41, 5.74) is 0. The molecule has 20 heavy (non-hydrogen) atoms. The summed E-state index contributed by atoms with van der Waals surface area (Å²) in [4.78, 5) is 26.5. The number of nitrogens with one attached hydrogen (secondary N) is 2. The molecule has 1 saturated heterocycles. The third kappa shape index (κ3) is 3.95. The van der Waals surface area contributed by atoms with Crippen LogP contribution < -0.4 is 10.6 Å². The highest BCUT2D eigenvalue weighted by molar-refractivity contribution is 5.88. The molecule has 1 aliphatic carbocycles. The van der Waals surface area contributed by atoms with E-state index >= 15 is 0 Å². The smallest absolute Gasteiger partial charge is 0.245 e. The van der Waals surface area contributed by atoms with Gasteiger partial charge in [-0.1, -0.05) is 19.3 Å². The SMILES string of the molecule is CNCC(=O)NC(C(=O)N1CCCC1)C1CCCCC1. The highest BCUT2D eigenvalue weighted by Gasteiger charge is 2.34. The summed E-state index contributed by atoms with van der Waals surface area (Å²) >= 11 is 0. The van der Waals surface area contributed by atoms with Crippen molar-refractivity contribution < 1.29 is 9.59 Å². The van der Waals surface area contributed by atoms with Crippen LogP contribution in [0.25, 0.3) is 0 Å². The normalized spacial score (nSPS) is 21.8. The largest absolute Gasteiger partial charge is 0.343 e. The van der Waals surface area contributed by atoms with E-state index in [2.05, 4.69) is 10.6 Å². The molecule has 1 unspecified atom stereocenters. The van der Waals surface area contributed by atoms with Crippen molar-refractivity contribution >= 4 is 11.8 Å². The van der Waals surface area contributed by atoms with Crippen molar-refractivity contribution in [3.63, 3.8) is 0 Å². The minimum absolute atomic E-state index is 0.0735. The fourth-order valence-electron chi connectivity index (χ4n) is 3.37. The molecule has 2 amide bonds. The molecule has 114 valence electrons. The topological polar surface area (TPSA) is 61.4 Å². The zero-order valence-corrected chi connectivity index (χ0v) is 12.5. The number of amides is 2. The molecule has 2 N–H and O–H groups in total. The van der Waals surface area contributed by atoms with Crippen molar-refractivity contribution in [1.29, 1.82) is 0 Å². The van der Waals surface area contributed by atoms with Crippen molar-refractivity contribution in [2.45, 2.75) is 51.0 Å². The summed E-state index contributed by atoms with van der Waals surface area (Å²) in [6.45, 7) is 1.98. The lowest BCUT2D eigenvalue weighted by Gasteiger charge is -2.32. The molecule has 0 spiro atoms. The third-order valence-electron chi connectivity index (χ3n) is 4.46. The lowest BCUT2D eigenvalue weighted by molar-refractivity contribution is -0.137. The van der Waals surface area contributed by atoms with E-state index in [1.165, 1.54) is 19.3 Å². The highest BCUT2D eigenvalue weighted by atomic mass is 16.2. The highest BCUT2D eigenvalue weighted by Crippen LogP contribution is 2.28. The molecule has 1 aliphatic heterocycles. The maximum absolute atomic E-state index is 12.7. The average Bonchev–Trinajstić information content (AvgIpc) is 2.99. The molecule has 0 aromatic carbocycles. The zero-order valence-electron chi connectivity index (χ0n) is 12.5. The van der Waals surface area contributed by atoms with E-state index in [1.54, 1.807) is 7.05 Å². The molecule has 2 fully saturated rings. The molecule has 1 saturated carbocycles. The minimum Gasteiger partial charge on any atom is -0.343 e. The number of hydrogen-bond acceptors (Lipinski definition) is 3. The fourth-order valence-corrected chi connectivity index (χ4v) is 3.37. The van der Waals surface area contributed by atoms with Crippen LogP contribution in [-0.2, 0) is 9.59 Å². The zero-order chi connectivity index (χ0) is 14.4. The second-order valence-corrected chi connectivity index (χ2v) is 6.01. The first kappa shape index (κ1) is 15.3. The van der Waals surface area contributed by atoms with E-state index in [0.29, 0.717) is 5.92 Å². The summed E-state index contributed by atoms with van der Waals surface area (Å²) in [5, 5.41) is 5.82. The Bertz CT molecular complexity index is 334. The van der Waals surface area contributed by atoms with Gasteiger partial charge in [0.2, 0.25) is 11.8 Å².